The van der Waals surface area contributed by atoms with Crippen molar-refractivity contribution in [3.05, 3.63) is 69.5 Å². The van der Waals surface area contributed by atoms with Gasteiger partial charge in [-0.3, -0.25) is 9.59 Å². The molecule has 1 fully saturated rings. The van der Waals surface area contributed by atoms with Crippen LogP contribution >= 0.6 is 0 Å². The van der Waals surface area contributed by atoms with Gasteiger partial charge >= 0.3 is 0 Å². The van der Waals surface area contributed by atoms with Crippen LogP contribution in [-0.2, 0) is 22.9 Å². The number of carbonyl (C=O) groups is 1. The molecule has 2 N–H and O–H groups in total. The molecular formula is C23H23N3O4S. The number of pyridine rings is 1. The molecule has 0 radical (unpaired) electrons. The third-order valence-corrected chi connectivity index (χ3v) is 8.07. The first kappa shape index (κ1) is 20.0. The second-order valence-corrected chi connectivity index (χ2v) is 10.1. The molecule has 3 aromatic rings. The summed E-state index contributed by atoms with van der Waals surface area (Å²) in [4.78, 5) is 28.1. The van der Waals surface area contributed by atoms with Crippen molar-refractivity contribution < 1.29 is 13.2 Å². The summed E-state index contributed by atoms with van der Waals surface area (Å²) in [5.74, 6) is -0.340. The van der Waals surface area contributed by atoms with E-state index in [-0.39, 0.29) is 16.4 Å². The quantitative estimate of drug-likeness (QED) is 0.655. The zero-order valence-corrected chi connectivity index (χ0v) is 17.8. The normalized spacial score (nSPS) is 16.5. The number of H-pyrrole nitrogens is 1. The number of carbonyl (C=O) groups excluding carboxylic acids is 1. The van der Waals surface area contributed by atoms with Gasteiger partial charge in [0.05, 0.1) is 10.4 Å². The Labute approximate surface area is 180 Å². The number of benzene rings is 2. The molecule has 1 amide bonds. The van der Waals surface area contributed by atoms with E-state index in [4.69, 9.17) is 0 Å². The predicted octanol–water partition coefficient (Wildman–Crippen LogP) is 3.05. The first-order chi connectivity index (χ1) is 14.9. The van der Waals surface area contributed by atoms with E-state index < -0.39 is 10.0 Å². The Kier molecular flexibility index (Phi) is 4.91. The Morgan fingerprint density at radius 2 is 1.65 bits per heavy atom. The summed E-state index contributed by atoms with van der Waals surface area (Å²) in [6.07, 6.45) is 4.44. The van der Waals surface area contributed by atoms with Gasteiger partial charge in [0.25, 0.3) is 11.5 Å². The molecule has 0 atom stereocenters. The van der Waals surface area contributed by atoms with Crippen molar-refractivity contribution in [3.63, 3.8) is 0 Å². The van der Waals surface area contributed by atoms with Gasteiger partial charge in [0.2, 0.25) is 10.0 Å². The highest BCUT2D eigenvalue weighted by Crippen LogP contribution is 2.28. The van der Waals surface area contributed by atoms with Crippen molar-refractivity contribution in [1.29, 1.82) is 0 Å². The fourth-order valence-electron chi connectivity index (χ4n) is 4.54. The molecule has 160 valence electrons. The lowest BCUT2D eigenvalue weighted by molar-refractivity contribution is 0.102. The van der Waals surface area contributed by atoms with E-state index >= 15 is 0 Å². The number of anilines is 1. The van der Waals surface area contributed by atoms with Gasteiger partial charge in [-0.2, -0.15) is 4.31 Å². The molecule has 0 bridgehead atoms. The number of aromatic nitrogens is 1. The van der Waals surface area contributed by atoms with Gasteiger partial charge in [0, 0.05) is 35.3 Å². The van der Waals surface area contributed by atoms with E-state index in [0.717, 1.165) is 48.6 Å². The predicted molar refractivity (Wildman–Crippen MR) is 119 cm³/mol. The van der Waals surface area contributed by atoms with Crippen LogP contribution in [0.25, 0.3) is 10.9 Å². The number of hydrogen-bond acceptors (Lipinski definition) is 4. The molecule has 2 heterocycles. The monoisotopic (exact) mass is 437 g/mol. The summed E-state index contributed by atoms with van der Waals surface area (Å²) < 4.78 is 26.8. The number of nitrogens with zero attached hydrogens (tertiary/aromatic N) is 1. The van der Waals surface area contributed by atoms with Crippen LogP contribution < -0.4 is 10.9 Å². The highest BCUT2D eigenvalue weighted by molar-refractivity contribution is 7.89. The number of amides is 1. The van der Waals surface area contributed by atoms with Gasteiger partial charge in [0.1, 0.15) is 0 Å². The second kappa shape index (κ2) is 7.62. The molecule has 0 unspecified atom stereocenters. The number of sulfonamides is 1. The van der Waals surface area contributed by atoms with E-state index in [1.807, 2.05) is 12.1 Å². The maximum absolute atomic E-state index is 12.7. The van der Waals surface area contributed by atoms with Gasteiger partial charge in [-0.25, -0.2) is 8.42 Å². The van der Waals surface area contributed by atoms with Crippen molar-refractivity contribution in [3.8, 4) is 0 Å². The number of rotatable bonds is 4. The average Bonchev–Trinajstić information content (AvgIpc) is 3.47. The molecule has 1 aliphatic carbocycles. The lowest BCUT2D eigenvalue weighted by atomic mass is 10.1. The van der Waals surface area contributed by atoms with Crippen LogP contribution in [0.2, 0.25) is 0 Å². The smallest absolute Gasteiger partial charge is 0.255 e. The van der Waals surface area contributed by atoms with Crippen LogP contribution in [-0.4, -0.2) is 36.7 Å². The Morgan fingerprint density at radius 3 is 2.39 bits per heavy atom. The lowest BCUT2D eigenvalue weighted by Crippen LogP contribution is -2.27. The Bertz CT molecular complexity index is 1340. The molecule has 8 heteroatoms. The van der Waals surface area contributed by atoms with Crippen molar-refractivity contribution in [2.45, 2.75) is 37.0 Å². The fraction of sp³-hybridized carbons (Fsp3) is 0.304. The molecule has 1 aliphatic heterocycles. The van der Waals surface area contributed by atoms with E-state index in [1.54, 1.807) is 6.07 Å². The molecule has 1 aromatic heterocycles. The first-order valence-electron chi connectivity index (χ1n) is 10.5. The first-order valence-corrected chi connectivity index (χ1v) is 12.0. The second-order valence-electron chi connectivity index (χ2n) is 8.11. The van der Waals surface area contributed by atoms with E-state index in [1.165, 1.54) is 28.6 Å². The largest absolute Gasteiger partial charge is 0.322 e. The fourth-order valence-corrected chi connectivity index (χ4v) is 6.05. The van der Waals surface area contributed by atoms with Crippen LogP contribution in [0.3, 0.4) is 0 Å². The molecule has 31 heavy (non-hydrogen) atoms. The summed E-state index contributed by atoms with van der Waals surface area (Å²) in [5.41, 5.74) is 3.55. The Balaban J connectivity index is 1.37. The highest BCUT2D eigenvalue weighted by atomic mass is 32.2. The number of aromatic amines is 1. The van der Waals surface area contributed by atoms with Crippen molar-refractivity contribution in [2.75, 3.05) is 18.4 Å². The van der Waals surface area contributed by atoms with Crippen LogP contribution in [0.15, 0.2) is 52.2 Å². The number of fused-ring (bicyclic) bond motifs is 3. The summed E-state index contributed by atoms with van der Waals surface area (Å²) in [6.45, 7) is 1.08. The van der Waals surface area contributed by atoms with Crippen molar-refractivity contribution in [2.24, 2.45) is 0 Å². The number of nitrogens with one attached hydrogen (secondary N) is 2. The van der Waals surface area contributed by atoms with Crippen LogP contribution in [0.4, 0.5) is 5.69 Å². The topological polar surface area (TPSA) is 99.3 Å². The molecule has 1 saturated heterocycles. The van der Waals surface area contributed by atoms with Crippen LogP contribution in [0.5, 0.6) is 0 Å². The summed E-state index contributed by atoms with van der Waals surface area (Å²) in [6, 6.07) is 11.5. The molecule has 7 nitrogen and oxygen atoms in total. The van der Waals surface area contributed by atoms with Gasteiger partial charge in [-0.05, 0) is 74.1 Å². The van der Waals surface area contributed by atoms with Crippen LogP contribution in [0, 0.1) is 0 Å². The molecule has 2 aliphatic rings. The van der Waals surface area contributed by atoms with Gasteiger partial charge in [0.15, 0.2) is 0 Å². The van der Waals surface area contributed by atoms with Crippen molar-refractivity contribution >= 4 is 32.5 Å². The molecule has 0 spiro atoms. The SMILES string of the molecule is O=C(Nc1ccc2c3c(c(=O)[nH]c2c1)CCC3)c1ccc(S(=O)(=O)N2CCCC2)cc1. The Hall–Kier alpha value is -2.97. The molecular weight excluding hydrogens is 414 g/mol. The minimum absolute atomic E-state index is 0.0572. The summed E-state index contributed by atoms with van der Waals surface area (Å²) in [5, 5.41) is 3.85. The lowest BCUT2D eigenvalue weighted by Gasteiger charge is -2.15. The number of aryl methyl sites for hydroxylation is 1. The third kappa shape index (κ3) is 3.55. The van der Waals surface area contributed by atoms with Gasteiger partial charge in [-0.15, -0.1) is 0 Å². The zero-order valence-electron chi connectivity index (χ0n) is 17.0. The maximum atomic E-state index is 12.7. The number of hydrogen-bond donors (Lipinski definition) is 2. The molecule has 0 saturated carbocycles. The molecule has 5 rings (SSSR count). The minimum Gasteiger partial charge on any atom is -0.322 e. The van der Waals surface area contributed by atoms with Gasteiger partial charge < -0.3 is 10.3 Å². The van der Waals surface area contributed by atoms with E-state index in [2.05, 4.69) is 10.3 Å². The van der Waals surface area contributed by atoms with Crippen molar-refractivity contribution in [1.82, 2.24) is 9.29 Å². The van der Waals surface area contributed by atoms with Gasteiger partial charge in [-0.1, -0.05) is 6.07 Å². The maximum Gasteiger partial charge on any atom is 0.255 e. The highest BCUT2D eigenvalue weighted by Gasteiger charge is 2.27. The molecule has 2 aromatic carbocycles. The Morgan fingerprint density at radius 1 is 0.935 bits per heavy atom. The van der Waals surface area contributed by atoms with E-state index in [9.17, 15) is 18.0 Å². The zero-order chi connectivity index (χ0) is 21.6. The average molecular weight is 438 g/mol. The minimum atomic E-state index is -3.51. The standard InChI is InChI=1S/C23H23N3O4S/c27-22(15-6-9-17(10-7-15)31(29,30)26-12-1-2-13-26)24-16-8-11-19-18-4-3-5-20(18)23(28)25-21(19)14-16/h6-11,14H,1-5,12-13H2,(H,24,27)(H,25,28). The third-order valence-electron chi connectivity index (χ3n) is 6.16. The van der Waals surface area contributed by atoms with Crippen LogP contribution in [0.1, 0.15) is 40.7 Å². The summed E-state index contributed by atoms with van der Waals surface area (Å²) >= 11 is 0. The van der Waals surface area contributed by atoms with E-state index in [0.29, 0.717) is 29.9 Å². The summed E-state index contributed by atoms with van der Waals surface area (Å²) in [7, 11) is -3.51.